The molecule has 2 aromatic heterocycles. The van der Waals surface area contributed by atoms with Crippen LogP contribution in [0.3, 0.4) is 0 Å². The first kappa shape index (κ1) is 19.1. The fourth-order valence-corrected chi connectivity index (χ4v) is 5.66. The largest absolute Gasteiger partial charge is 0.455 e. The number of rotatable bonds is 3. The number of para-hydroxylation sites is 1. The Labute approximate surface area is 186 Å². The lowest BCUT2D eigenvalue weighted by molar-refractivity contribution is -0.925. The van der Waals surface area contributed by atoms with Gasteiger partial charge in [0, 0.05) is 35.0 Å². The number of hydrogen-bond acceptors (Lipinski definition) is 3. The molecule has 1 N–H and O–H groups in total. The van der Waals surface area contributed by atoms with Gasteiger partial charge in [0.25, 0.3) is 5.56 Å². The summed E-state index contributed by atoms with van der Waals surface area (Å²) < 4.78 is 8.06. The number of quaternary nitrogens is 1. The minimum Gasteiger partial charge on any atom is -0.455 e. The van der Waals surface area contributed by atoms with Crippen molar-refractivity contribution in [2.75, 3.05) is 13.1 Å². The van der Waals surface area contributed by atoms with Gasteiger partial charge in [-0.15, -0.1) is 0 Å². The molecule has 1 unspecified atom stereocenters. The Hall–Kier alpha value is -3.62. The highest BCUT2D eigenvalue weighted by Crippen LogP contribution is 2.32. The van der Waals surface area contributed by atoms with Gasteiger partial charge in [-0.1, -0.05) is 30.3 Å². The summed E-state index contributed by atoms with van der Waals surface area (Å²) in [6.45, 7) is 3.70. The highest BCUT2D eigenvalue weighted by atomic mass is 16.3. The Kier molecular flexibility index (Phi) is 4.48. The van der Waals surface area contributed by atoms with Crippen LogP contribution < -0.4 is 10.5 Å². The average Bonchev–Trinajstić information content (AvgIpc) is 3.22. The third-order valence-electron chi connectivity index (χ3n) is 7.00. The van der Waals surface area contributed by atoms with Crippen LogP contribution in [0.4, 0.5) is 0 Å². The SMILES string of the molecule is N#Cc1cccc(-c2ccc3n(c2=O)C[C@H]2C[C@@H]3C[NH+](Cc3cc4ccccc4o3)C2)c1. The maximum atomic E-state index is 13.4. The average molecular weight is 423 g/mol. The molecule has 1 saturated heterocycles. The Morgan fingerprint density at radius 3 is 2.84 bits per heavy atom. The number of aromatic nitrogens is 1. The first-order valence-electron chi connectivity index (χ1n) is 11.2. The van der Waals surface area contributed by atoms with Crippen LogP contribution in [0.1, 0.15) is 29.4 Å². The van der Waals surface area contributed by atoms with Gasteiger partial charge < -0.3 is 13.9 Å². The molecule has 4 aromatic rings. The van der Waals surface area contributed by atoms with Gasteiger partial charge in [0.2, 0.25) is 0 Å². The summed E-state index contributed by atoms with van der Waals surface area (Å²) in [5.74, 6) is 1.90. The highest BCUT2D eigenvalue weighted by Gasteiger charge is 2.37. The number of pyridine rings is 1. The fraction of sp³-hybridized carbons (Fsp3) is 0.259. The second-order valence-corrected chi connectivity index (χ2v) is 9.16. The van der Waals surface area contributed by atoms with Crippen molar-refractivity contribution in [2.45, 2.75) is 25.4 Å². The molecular formula is C27H24N3O2+. The van der Waals surface area contributed by atoms with Gasteiger partial charge in [0.1, 0.15) is 12.1 Å². The van der Waals surface area contributed by atoms with Crippen molar-refractivity contribution in [3.8, 4) is 17.2 Å². The number of nitrogens with zero attached hydrogens (tertiary/aromatic N) is 2. The van der Waals surface area contributed by atoms with Crippen molar-refractivity contribution in [2.24, 2.45) is 5.92 Å². The third-order valence-corrected chi connectivity index (χ3v) is 7.00. The summed E-state index contributed by atoms with van der Waals surface area (Å²) in [5, 5.41) is 10.4. The summed E-state index contributed by atoms with van der Waals surface area (Å²) in [4.78, 5) is 14.9. The molecule has 0 amide bonds. The normalized spacial score (nSPS) is 21.8. The first-order valence-corrected chi connectivity index (χ1v) is 11.2. The molecule has 2 aliphatic rings. The number of benzene rings is 2. The Balaban J connectivity index is 1.28. The summed E-state index contributed by atoms with van der Waals surface area (Å²) in [5.41, 5.74) is 4.23. The molecule has 5 heteroatoms. The molecule has 5 nitrogen and oxygen atoms in total. The summed E-state index contributed by atoms with van der Waals surface area (Å²) >= 11 is 0. The van der Waals surface area contributed by atoms with Gasteiger partial charge in [-0.2, -0.15) is 5.26 Å². The van der Waals surface area contributed by atoms with E-state index in [9.17, 15) is 10.1 Å². The van der Waals surface area contributed by atoms with E-state index in [2.05, 4.69) is 24.3 Å². The van der Waals surface area contributed by atoms with Gasteiger partial charge in [-0.3, -0.25) is 4.79 Å². The number of nitriles is 1. The monoisotopic (exact) mass is 422 g/mol. The molecule has 158 valence electrons. The van der Waals surface area contributed by atoms with Crippen LogP contribution in [0, 0.1) is 17.2 Å². The molecule has 0 spiro atoms. The van der Waals surface area contributed by atoms with Crippen LogP contribution >= 0.6 is 0 Å². The lowest BCUT2D eigenvalue weighted by atomic mass is 9.82. The van der Waals surface area contributed by atoms with E-state index in [0.29, 0.717) is 23.0 Å². The predicted octanol–water partition coefficient (Wildman–Crippen LogP) is 3.34. The standard InChI is InChI=1S/C27H23N3O2/c28-13-18-4-3-6-20(10-18)24-8-9-25-22-11-19(15-30(25)27(24)31)14-29(16-22)17-23-12-21-5-1-2-7-26(21)32-23/h1-10,12,19,22H,11,14-17H2/p+1/t19-,22+/m0/s1. The van der Waals surface area contributed by atoms with Gasteiger partial charge in [0.15, 0.2) is 5.76 Å². The van der Waals surface area contributed by atoms with Crippen LogP contribution in [0.2, 0.25) is 0 Å². The summed E-state index contributed by atoms with van der Waals surface area (Å²) in [6, 6.07) is 23.9. The minimum atomic E-state index is 0.0630. The van der Waals surface area contributed by atoms with E-state index in [-0.39, 0.29) is 5.56 Å². The van der Waals surface area contributed by atoms with E-state index in [4.69, 9.17) is 4.42 Å². The third kappa shape index (κ3) is 3.24. The quantitative estimate of drug-likeness (QED) is 0.551. The molecule has 0 aliphatic carbocycles. The van der Waals surface area contributed by atoms with E-state index >= 15 is 0 Å². The van der Waals surface area contributed by atoms with Crippen molar-refractivity contribution in [3.05, 3.63) is 94.1 Å². The van der Waals surface area contributed by atoms with Crippen LogP contribution in [-0.4, -0.2) is 17.7 Å². The Bertz CT molecular complexity index is 1390. The molecule has 2 aliphatic heterocycles. The molecule has 2 aromatic carbocycles. The topological polar surface area (TPSA) is 63.4 Å². The van der Waals surface area contributed by atoms with Gasteiger partial charge in [-0.05, 0) is 48.4 Å². The maximum Gasteiger partial charge on any atom is 0.258 e. The molecule has 2 bridgehead atoms. The fourth-order valence-electron chi connectivity index (χ4n) is 5.66. The first-order chi connectivity index (χ1) is 15.7. The number of fused-ring (bicyclic) bond motifs is 5. The summed E-state index contributed by atoms with van der Waals surface area (Å²) in [7, 11) is 0. The zero-order chi connectivity index (χ0) is 21.7. The Morgan fingerprint density at radius 1 is 1.06 bits per heavy atom. The van der Waals surface area contributed by atoms with Gasteiger partial charge in [-0.25, -0.2) is 0 Å². The molecule has 6 rings (SSSR count). The predicted molar refractivity (Wildman–Crippen MR) is 122 cm³/mol. The lowest BCUT2D eigenvalue weighted by Gasteiger charge is -2.40. The molecule has 0 saturated carbocycles. The van der Waals surface area contributed by atoms with Crippen LogP contribution in [-0.2, 0) is 13.1 Å². The molecule has 3 atom stereocenters. The van der Waals surface area contributed by atoms with E-state index in [0.717, 1.165) is 60.6 Å². The second kappa shape index (κ2) is 7.51. The second-order valence-electron chi connectivity index (χ2n) is 9.16. The number of hydrogen-bond donors (Lipinski definition) is 1. The van der Waals surface area contributed by atoms with E-state index in [1.165, 1.54) is 4.90 Å². The zero-order valence-corrected chi connectivity index (χ0v) is 17.8. The van der Waals surface area contributed by atoms with Crippen molar-refractivity contribution in [3.63, 3.8) is 0 Å². The van der Waals surface area contributed by atoms with Crippen molar-refractivity contribution >= 4 is 11.0 Å². The number of piperidine rings is 1. The van der Waals surface area contributed by atoms with Gasteiger partial charge >= 0.3 is 0 Å². The van der Waals surface area contributed by atoms with E-state index in [1.54, 1.807) is 12.1 Å². The minimum absolute atomic E-state index is 0.0630. The molecular weight excluding hydrogens is 398 g/mol. The van der Waals surface area contributed by atoms with E-state index < -0.39 is 0 Å². The maximum absolute atomic E-state index is 13.4. The van der Waals surface area contributed by atoms with Crippen LogP contribution in [0.15, 0.2) is 75.9 Å². The Morgan fingerprint density at radius 2 is 1.97 bits per heavy atom. The van der Waals surface area contributed by atoms with Crippen molar-refractivity contribution in [1.29, 1.82) is 5.26 Å². The lowest BCUT2D eigenvalue weighted by Crippen LogP contribution is -3.13. The number of likely N-dealkylation sites (tertiary alicyclic amines) is 1. The van der Waals surface area contributed by atoms with Crippen LogP contribution in [0.5, 0.6) is 0 Å². The van der Waals surface area contributed by atoms with E-state index in [1.807, 2.05) is 41.0 Å². The van der Waals surface area contributed by atoms with Crippen molar-refractivity contribution in [1.82, 2.24) is 4.57 Å². The van der Waals surface area contributed by atoms with Crippen molar-refractivity contribution < 1.29 is 9.32 Å². The highest BCUT2D eigenvalue weighted by molar-refractivity contribution is 5.77. The molecule has 0 radical (unpaired) electrons. The smallest absolute Gasteiger partial charge is 0.258 e. The van der Waals surface area contributed by atoms with Crippen LogP contribution in [0.25, 0.3) is 22.1 Å². The summed E-state index contributed by atoms with van der Waals surface area (Å²) in [6.07, 6.45) is 1.15. The van der Waals surface area contributed by atoms with Gasteiger partial charge in [0.05, 0.1) is 24.7 Å². The molecule has 4 heterocycles. The number of nitrogens with one attached hydrogen (secondary N) is 1. The number of furan rings is 1. The molecule has 32 heavy (non-hydrogen) atoms. The molecule has 1 fully saturated rings. The zero-order valence-electron chi connectivity index (χ0n) is 17.8.